The predicted molar refractivity (Wildman–Crippen MR) is 70.9 cm³/mol. The Morgan fingerprint density at radius 2 is 1.82 bits per heavy atom. The number of nitrogens with two attached hydrogens (primary N) is 1. The molecule has 1 aromatic heterocycles. The van der Waals surface area contributed by atoms with E-state index in [0.717, 1.165) is 22.6 Å². The highest BCUT2D eigenvalue weighted by atomic mass is 16.3. The average Bonchev–Trinajstić information content (AvgIpc) is 2.67. The van der Waals surface area contributed by atoms with Crippen LogP contribution >= 0.6 is 0 Å². The van der Waals surface area contributed by atoms with Gasteiger partial charge in [-0.1, -0.05) is 44.2 Å². The van der Waals surface area contributed by atoms with Crippen LogP contribution in [0.4, 0.5) is 0 Å². The average molecular weight is 229 g/mol. The first kappa shape index (κ1) is 11.9. The molecule has 0 amide bonds. The monoisotopic (exact) mass is 229 g/mol. The zero-order valence-corrected chi connectivity index (χ0v) is 10.7. The van der Waals surface area contributed by atoms with Gasteiger partial charge in [-0.2, -0.15) is 0 Å². The second-order valence-corrected chi connectivity index (χ2v) is 4.62. The first-order valence-electron chi connectivity index (χ1n) is 6.02. The maximum atomic E-state index is 6.00. The molecule has 0 aliphatic rings. The van der Waals surface area contributed by atoms with Crippen molar-refractivity contribution in [1.29, 1.82) is 0 Å². The smallest absolute Gasteiger partial charge is 0.137 e. The van der Waals surface area contributed by atoms with Crippen molar-refractivity contribution >= 4 is 0 Å². The fourth-order valence-electron chi connectivity index (χ4n) is 2.15. The lowest BCUT2D eigenvalue weighted by atomic mass is 10.0. The van der Waals surface area contributed by atoms with Crippen molar-refractivity contribution in [3.05, 3.63) is 47.2 Å². The summed E-state index contributed by atoms with van der Waals surface area (Å²) in [6, 6.07) is 10.2. The van der Waals surface area contributed by atoms with E-state index < -0.39 is 0 Å². The van der Waals surface area contributed by atoms with Gasteiger partial charge < -0.3 is 10.2 Å². The van der Waals surface area contributed by atoms with E-state index in [2.05, 4.69) is 32.9 Å². The summed E-state index contributed by atoms with van der Waals surface area (Å²) in [7, 11) is 0. The molecule has 90 valence electrons. The molecule has 0 saturated carbocycles. The van der Waals surface area contributed by atoms with Gasteiger partial charge in [-0.3, -0.25) is 0 Å². The van der Waals surface area contributed by atoms with Crippen LogP contribution in [0.25, 0.3) is 11.3 Å². The van der Waals surface area contributed by atoms with Crippen LogP contribution in [-0.2, 0) is 6.54 Å². The van der Waals surface area contributed by atoms with Gasteiger partial charge in [0.25, 0.3) is 0 Å². The van der Waals surface area contributed by atoms with Crippen molar-refractivity contribution in [3.8, 4) is 11.3 Å². The van der Waals surface area contributed by atoms with Crippen LogP contribution in [0.1, 0.15) is 36.7 Å². The lowest BCUT2D eigenvalue weighted by molar-refractivity contribution is 0.492. The summed E-state index contributed by atoms with van der Waals surface area (Å²) in [4.78, 5) is 0. The molecular formula is C15H19NO. The van der Waals surface area contributed by atoms with E-state index in [1.54, 1.807) is 0 Å². The molecule has 1 heterocycles. The molecule has 17 heavy (non-hydrogen) atoms. The van der Waals surface area contributed by atoms with Gasteiger partial charge in [0.05, 0.1) is 0 Å². The normalized spacial score (nSPS) is 11.1. The Morgan fingerprint density at radius 1 is 1.18 bits per heavy atom. The summed E-state index contributed by atoms with van der Waals surface area (Å²) >= 11 is 0. The Bertz CT molecular complexity index is 497. The topological polar surface area (TPSA) is 39.2 Å². The number of hydrogen-bond donors (Lipinski definition) is 1. The van der Waals surface area contributed by atoms with Gasteiger partial charge in [0, 0.05) is 29.2 Å². The molecule has 0 aliphatic carbocycles. The highest BCUT2D eigenvalue weighted by Crippen LogP contribution is 2.34. The lowest BCUT2D eigenvalue weighted by Gasteiger charge is -2.03. The summed E-state index contributed by atoms with van der Waals surface area (Å²) in [5.74, 6) is 2.34. The van der Waals surface area contributed by atoms with Gasteiger partial charge in [-0.05, 0) is 6.92 Å². The predicted octanol–water partition coefficient (Wildman–Crippen LogP) is 3.84. The molecule has 2 rings (SSSR count). The van der Waals surface area contributed by atoms with E-state index in [0.29, 0.717) is 12.5 Å². The Kier molecular flexibility index (Phi) is 3.34. The third-order valence-electron chi connectivity index (χ3n) is 3.07. The van der Waals surface area contributed by atoms with Crippen molar-refractivity contribution in [2.24, 2.45) is 5.73 Å². The van der Waals surface area contributed by atoms with Gasteiger partial charge in [-0.15, -0.1) is 0 Å². The molecule has 1 aromatic carbocycles. The maximum absolute atomic E-state index is 6.00. The van der Waals surface area contributed by atoms with Crippen LogP contribution in [0.5, 0.6) is 0 Å². The highest BCUT2D eigenvalue weighted by molar-refractivity contribution is 5.63. The van der Waals surface area contributed by atoms with Crippen LogP contribution < -0.4 is 5.73 Å². The quantitative estimate of drug-likeness (QED) is 0.868. The molecule has 0 unspecified atom stereocenters. The minimum atomic E-state index is 0.365. The molecule has 0 saturated heterocycles. The van der Waals surface area contributed by atoms with Gasteiger partial charge >= 0.3 is 0 Å². The molecule has 2 heteroatoms. The minimum Gasteiger partial charge on any atom is -0.460 e. The Morgan fingerprint density at radius 3 is 2.29 bits per heavy atom. The lowest BCUT2D eigenvalue weighted by Crippen LogP contribution is -2.01. The minimum absolute atomic E-state index is 0.365. The number of benzene rings is 1. The van der Waals surface area contributed by atoms with Crippen molar-refractivity contribution in [3.63, 3.8) is 0 Å². The third-order valence-corrected chi connectivity index (χ3v) is 3.07. The number of rotatable bonds is 3. The van der Waals surface area contributed by atoms with Crippen LogP contribution in [-0.4, -0.2) is 0 Å². The zero-order valence-electron chi connectivity index (χ0n) is 10.7. The zero-order chi connectivity index (χ0) is 12.4. The second kappa shape index (κ2) is 4.76. The van der Waals surface area contributed by atoms with E-state index in [1.165, 1.54) is 5.56 Å². The standard InChI is InChI=1S/C15H19NO/c1-10(2)14-13(9-16)11(3)15(17-14)12-7-5-4-6-8-12/h4-8,10H,9,16H2,1-3H3. The maximum Gasteiger partial charge on any atom is 0.137 e. The van der Waals surface area contributed by atoms with Crippen LogP contribution in [0.15, 0.2) is 34.7 Å². The van der Waals surface area contributed by atoms with Crippen LogP contribution in [0.3, 0.4) is 0 Å². The summed E-state index contributed by atoms with van der Waals surface area (Å²) in [6.07, 6.45) is 0. The molecule has 0 bridgehead atoms. The Hall–Kier alpha value is -1.54. The Labute approximate surface area is 102 Å². The van der Waals surface area contributed by atoms with E-state index in [-0.39, 0.29) is 0 Å². The summed E-state index contributed by atoms with van der Waals surface area (Å²) in [5.41, 5.74) is 9.26. The summed E-state index contributed by atoms with van der Waals surface area (Å²) < 4.78 is 6.00. The fraction of sp³-hybridized carbons (Fsp3) is 0.333. The van der Waals surface area contributed by atoms with Crippen molar-refractivity contribution < 1.29 is 4.42 Å². The van der Waals surface area contributed by atoms with E-state index in [4.69, 9.17) is 10.2 Å². The fourth-order valence-corrected chi connectivity index (χ4v) is 2.15. The van der Waals surface area contributed by atoms with Gasteiger partial charge in [0.1, 0.15) is 11.5 Å². The van der Waals surface area contributed by atoms with Gasteiger partial charge in [-0.25, -0.2) is 0 Å². The van der Waals surface area contributed by atoms with Crippen molar-refractivity contribution in [1.82, 2.24) is 0 Å². The first-order valence-corrected chi connectivity index (χ1v) is 6.02. The number of hydrogen-bond acceptors (Lipinski definition) is 2. The molecule has 2 aromatic rings. The van der Waals surface area contributed by atoms with Crippen molar-refractivity contribution in [2.75, 3.05) is 0 Å². The SMILES string of the molecule is Cc1c(-c2ccccc2)oc(C(C)C)c1CN. The molecular weight excluding hydrogens is 210 g/mol. The molecule has 0 aliphatic heterocycles. The van der Waals surface area contributed by atoms with Gasteiger partial charge in [0.2, 0.25) is 0 Å². The van der Waals surface area contributed by atoms with E-state index in [1.807, 2.05) is 18.2 Å². The van der Waals surface area contributed by atoms with E-state index in [9.17, 15) is 0 Å². The second-order valence-electron chi connectivity index (χ2n) is 4.62. The number of furan rings is 1. The van der Waals surface area contributed by atoms with Gasteiger partial charge in [0.15, 0.2) is 0 Å². The van der Waals surface area contributed by atoms with E-state index >= 15 is 0 Å². The molecule has 2 nitrogen and oxygen atoms in total. The first-order chi connectivity index (χ1) is 8.15. The molecule has 0 radical (unpaired) electrons. The van der Waals surface area contributed by atoms with Crippen molar-refractivity contribution in [2.45, 2.75) is 33.2 Å². The summed E-state index contributed by atoms with van der Waals surface area (Å²) in [5, 5.41) is 0. The molecule has 2 N–H and O–H groups in total. The third kappa shape index (κ3) is 2.13. The summed E-state index contributed by atoms with van der Waals surface area (Å²) in [6.45, 7) is 6.88. The van der Waals surface area contributed by atoms with Crippen LogP contribution in [0, 0.1) is 6.92 Å². The highest BCUT2D eigenvalue weighted by Gasteiger charge is 2.18. The molecule has 0 fully saturated rings. The largest absolute Gasteiger partial charge is 0.460 e. The molecule has 0 spiro atoms. The molecule has 0 atom stereocenters. The Balaban J connectivity index is 2.57. The van der Waals surface area contributed by atoms with Crippen LogP contribution in [0.2, 0.25) is 0 Å².